The number of rotatable bonds is 8. The number of alkyl halides is 3. The molecule has 0 radical (unpaired) electrons. The number of benzene rings is 2. The van der Waals surface area contributed by atoms with Gasteiger partial charge < -0.3 is 19.5 Å². The molecule has 0 bridgehead atoms. The molecule has 1 fully saturated rings. The Hall–Kier alpha value is -3.34. The van der Waals surface area contributed by atoms with E-state index in [9.17, 15) is 23.1 Å². The highest BCUT2D eigenvalue weighted by molar-refractivity contribution is 6.32. The number of halogens is 4. The number of carboxylic acid groups (broad SMARTS) is 1. The highest BCUT2D eigenvalue weighted by Crippen LogP contribution is 2.45. The first-order chi connectivity index (χ1) is 22.3. The van der Waals surface area contributed by atoms with Crippen LogP contribution in [0, 0.1) is 19.3 Å². The average molecular weight is 688 g/mol. The van der Waals surface area contributed by atoms with Crippen molar-refractivity contribution < 1.29 is 32.5 Å². The molecular formula is C37H45ClF3N3O4. The van der Waals surface area contributed by atoms with Gasteiger partial charge in [0.25, 0.3) is 0 Å². The highest BCUT2D eigenvalue weighted by atomic mass is 35.5. The maximum Gasteiger partial charge on any atom is 0.573 e. The van der Waals surface area contributed by atoms with Crippen molar-refractivity contribution in [2.75, 3.05) is 24.5 Å². The number of nitrogens with zero attached hydrogens (tertiary/aromatic N) is 3. The van der Waals surface area contributed by atoms with E-state index in [1.54, 1.807) is 6.07 Å². The SMILES string of the molecule is Cc1nc(C)c(C(OC(C)(C)C)C(=O)O)c(N2CCC(C)(C)CC2)c1-c1ccc2c(c1)CCN(Cc1ccc(OC(F)(F)F)c(Cl)c1)C2. The van der Waals surface area contributed by atoms with Gasteiger partial charge in [-0.3, -0.25) is 9.88 Å². The summed E-state index contributed by atoms with van der Waals surface area (Å²) in [5.74, 6) is -1.46. The van der Waals surface area contributed by atoms with Crippen molar-refractivity contribution in [3.8, 4) is 16.9 Å². The fourth-order valence-electron chi connectivity index (χ4n) is 6.77. The monoisotopic (exact) mass is 687 g/mol. The molecule has 0 aliphatic carbocycles. The summed E-state index contributed by atoms with van der Waals surface area (Å²) in [5, 5.41) is 10.4. The minimum atomic E-state index is -4.81. The van der Waals surface area contributed by atoms with Crippen LogP contribution in [0.5, 0.6) is 5.75 Å². The first kappa shape index (κ1) is 36.0. The molecule has 1 N–H and O–H groups in total. The van der Waals surface area contributed by atoms with Crippen molar-refractivity contribution >= 4 is 23.3 Å². The number of anilines is 1. The van der Waals surface area contributed by atoms with Gasteiger partial charge in [-0.25, -0.2) is 4.79 Å². The van der Waals surface area contributed by atoms with Gasteiger partial charge in [-0.05, 0) is 93.7 Å². The van der Waals surface area contributed by atoms with Crippen LogP contribution in [-0.4, -0.2) is 52.6 Å². The van der Waals surface area contributed by atoms with Crippen LogP contribution in [-0.2, 0) is 29.0 Å². The number of hydrogen-bond donors (Lipinski definition) is 1. The van der Waals surface area contributed by atoms with E-state index < -0.39 is 29.8 Å². The van der Waals surface area contributed by atoms with Gasteiger partial charge in [0.05, 0.1) is 16.3 Å². The fourth-order valence-corrected chi connectivity index (χ4v) is 7.01. The minimum Gasteiger partial charge on any atom is -0.479 e. The number of aromatic nitrogens is 1. The third-order valence-corrected chi connectivity index (χ3v) is 9.48. The van der Waals surface area contributed by atoms with Gasteiger partial charge in [-0.2, -0.15) is 0 Å². The summed E-state index contributed by atoms with van der Waals surface area (Å²) in [6.45, 7) is 17.5. The van der Waals surface area contributed by atoms with Crippen molar-refractivity contribution in [1.29, 1.82) is 0 Å². The molecule has 48 heavy (non-hydrogen) atoms. The lowest BCUT2D eigenvalue weighted by molar-refractivity contribution is -0.274. The van der Waals surface area contributed by atoms with Gasteiger partial charge in [-0.15, -0.1) is 13.2 Å². The number of aryl methyl sites for hydroxylation is 2. The van der Waals surface area contributed by atoms with E-state index in [-0.39, 0.29) is 10.4 Å². The second-order valence-corrected chi connectivity index (χ2v) is 15.2. The topological polar surface area (TPSA) is 75.1 Å². The van der Waals surface area contributed by atoms with Crippen LogP contribution >= 0.6 is 11.6 Å². The van der Waals surface area contributed by atoms with Crippen LogP contribution in [0.1, 0.15) is 87.2 Å². The Labute approximate surface area is 286 Å². The molecule has 2 aliphatic heterocycles. The van der Waals surface area contributed by atoms with E-state index in [4.69, 9.17) is 21.3 Å². The highest BCUT2D eigenvalue weighted by Gasteiger charge is 2.37. The molecule has 2 aromatic carbocycles. The first-order valence-electron chi connectivity index (χ1n) is 16.4. The van der Waals surface area contributed by atoms with Crippen molar-refractivity contribution in [2.24, 2.45) is 5.41 Å². The van der Waals surface area contributed by atoms with E-state index in [0.717, 1.165) is 72.5 Å². The summed E-state index contributed by atoms with van der Waals surface area (Å²) < 4.78 is 48.3. The van der Waals surface area contributed by atoms with Gasteiger partial charge >= 0.3 is 12.3 Å². The average Bonchev–Trinajstić information content (AvgIpc) is 2.96. The summed E-state index contributed by atoms with van der Waals surface area (Å²) in [7, 11) is 0. The molecule has 5 rings (SSSR count). The third kappa shape index (κ3) is 8.44. The van der Waals surface area contributed by atoms with Gasteiger partial charge in [0, 0.05) is 55.2 Å². The molecule has 0 spiro atoms. The van der Waals surface area contributed by atoms with Crippen LogP contribution in [0.15, 0.2) is 36.4 Å². The summed E-state index contributed by atoms with van der Waals surface area (Å²) in [6.07, 6.45) is -3.26. The standard InChI is InChI=1S/C37H45ClF3N3O4/c1-22-30(32(44-16-13-36(6,7)14-17-44)31(23(2)42-22)33(34(45)46)48-35(3,4)5)26-9-10-27-21-43(15-12-25(27)19-26)20-24-8-11-29(28(38)18-24)47-37(39,40)41/h8-11,18-19,33H,12-17,20-21H2,1-7H3,(H,45,46). The molecule has 260 valence electrons. The van der Waals surface area contributed by atoms with Crippen LogP contribution < -0.4 is 9.64 Å². The molecular weight excluding hydrogens is 643 g/mol. The number of pyridine rings is 1. The third-order valence-electron chi connectivity index (χ3n) is 9.18. The maximum atomic E-state index is 12.8. The summed E-state index contributed by atoms with van der Waals surface area (Å²) >= 11 is 6.10. The number of fused-ring (bicyclic) bond motifs is 1. The molecule has 1 atom stereocenters. The van der Waals surface area contributed by atoms with E-state index in [1.165, 1.54) is 17.7 Å². The van der Waals surface area contributed by atoms with Gasteiger partial charge in [0.2, 0.25) is 0 Å². The maximum absolute atomic E-state index is 12.8. The second-order valence-electron chi connectivity index (χ2n) is 14.8. The molecule has 11 heteroatoms. The van der Waals surface area contributed by atoms with E-state index in [0.29, 0.717) is 24.3 Å². The largest absolute Gasteiger partial charge is 0.573 e. The molecule has 0 saturated carbocycles. The molecule has 1 unspecified atom stereocenters. The molecule has 3 heterocycles. The second kappa shape index (κ2) is 13.5. The molecule has 0 amide bonds. The Kier molecular flexibility index (Phi) is 10.1. The van der Waals surface area contributed by atoms with Crippen LogP contribution in [0.25, 0.3) is 11.1 Å². The summed E-state index contributed by atoms with van der Waals surface area (Å²) in [5.41, 5.74) is 7.56. The number of piperidine rings is 1. The predicted molar refractivity (Wildman–Crippen MR) is 182 cm³/mol. The van der Waals surface area contributed by atoms with Gasteiger partial charge in [0.1, 0.15) is 5.75 Å². The Morgan fingerprint density at radius 3 is 2.31 bits per heavy atom. The quantitative estimate of drug-likeness (QED) is 0.253. The van der Waals surface area contributed by atoms with Crippen LogP contribution in [0.4, 0.5) is 18.9 Å². The normalized spacial score (nSPS) is 17.6. The number of carbonyl (C=O) groups is 1. The number of aliphatic carboxylic acids is 1. The molecule has 7 nitrogen and oxygen atoms in total. The fraction of sp³-hybridized carbons (Fsp3) is 0.514. The lowest BCUT2D eigenvalue weighted by Gasteiger charge is -2.41. The number of carboxylic acids is 1. The van der Waals surface area contributed by atoms with E-state index in [2.05, 4.69) is 46.6 Å². The van der Waals surface area contributed by atoms with Crippen molar-refractivity contribution in [1.82, 2.24) is 9.88 Å². The van der Waals surface area contributed by atoms with Gasteiger partial charge in [-0.1, -0.05) is 49.7 Å². The van der Waals surface area contributed by atoms with Crippen LogP contribution in [0.3, 0.4) is 0 Å². The summed E-state index contributed by atoms with van der Waals surface area (Å²) in [4.78, 5) is 22.3. The smallest absolute Gasteiger partial charge is 0.479 e. The van der Waals surface area contributed by atoms with E-state index in [1.807, 2.05) is 34.6 Å². The van der Waals surface area contributed by atoms with Crippen molar-refractivity contribution in [2.45, 2.75) is 98.9 Å². The van der Waals surface area contributed by atoms with Crippen molar-refractivity contribution in [3.63, 3.8) is 0 Å². The molecule has 1 aromatic heterocycles. The summed E-state index contributed by atoms with van der Waals surface area (Å²) in [6, 6.07) is 10.8. The Bertz CT molecular complexity index is 1680. The lowest BCUT2D eigenvalue weighted by atomic mass is 9.81. The zero-order valence-corrected chi connectivity index (χ0v) is 29.5. The molecule has 3 aromatic rings. The molecule has 1 saturated heterocycles. The number of ether oxygens (including phenoxy) is 2. The Morgan fingerprint density at radius 1 is 1.02 bits per heavy atom. The zero-order chi connectivity index (χ0) is 35.2. The molecule has 2 aliphatic rings. The Morgan fingerprint density at radius 2 is 1.71 bits per heavy atom. The first-order valence-corrected chi connectivity index (χ1v) is 16.7. The van der Waals surface area contributed by atoms with Gasteiger partial charge in [0.15, 0.2) is 6.10 Å². The van der Waals surface area contributed by atoms with Crippen LogP contribution in [0.2, 0.25) is 5.02 Å². The zero-order valence-electron chi connectivity index (χ0n) is 28.7. The number of hydrogen-bond acceptors (Lipinski definition) is 6. The van der Waals surface area contributed by atoms with Crippen molar-refractivity contribution in [3.05, 3.63) is 75.1 Å². The minimum absolute atomic E-state index is 0.0839. The van der Waals surface area contributed by atoms with E-state index >= 15 is 0 Å². The Balaban J connectivity index is 1.49. The predicted octanol–water partition coefficient (Wildman–Crippen LogP) is 9.04. The lowest BCUT2D eigenvalue weighted by Crippen LogP contribution is -2.39.